The van der Waals surface area contributed by atoms with Gasteiger partial charge in [-0.25, -0.2) is 4.79 Å². The molecule has 1 aliphatic carbocycles. The molecule has 0 spiro atoms. The Morgan fingerprint density at radius 3 is 2.50 bits per heavy atom. The topological polar surface area (TPSA) is 41.1 Å². The summed E-state index contributed by atoms with van der Waals surface area (Å²) in [6.45, 7) is 2.01. The van der Waals surface area contributed by atoms with Gasteiger partial charge in [0.2, 0.25) is 0 Å². The van der Waals surface area contributed by atoms with E-state index in [-0.39, 0.29) is 6.03 Å². The number of amides is 2. The van der Waals surface area contributed by atoms with E-state index in [2.05, 4.69) is 10.6 Å². The molecule has 1 aromatic carbocycles. The van der Waals surface area contributed by atoms with Gasteiger partial charge in [-0.3, -0.25) is 0 Å². The summed E-state index contributed by atoms with van der Waals surface area (Å²) in [4.78, 5) is 11.7. The summed E-state index contributed by atoms with van der Waals surface area (Å²) in [7, 11) is 0. The lowest BCUT2D eigenvalue weighted by atomic mass is 10.2. The second-order valence-electron chi connectivity index (χ2n) is 4.36. The molecule has 0 radical (unpaired) electrons. The predicted molar refractivity (Wildman–Crippen MR) is 75.1 cm³/mol. The second-order valence-corrected chi connectivity index (χ2v) is 5.17. The van der Waals surface area contributed by atoms with Gasteiger partial charge in [0.1, 0.15) is 0 Å². The average Bonchev–Trinajstić information content (AvgIpc) is 3.15. The van der Waals surface area contributed by atoms with Crippen LogP contribution in [0.4, 0.5) is 10.5 Å². The molecule has 96 valence electrons. The largest absolute Gasteiger partial charge is 0.323 e. The molecule has 0 aliphatic heterocycles. The van der Waals surface area contributed by atoms with Crippen molar-refractivity contribution in [1.82, 2.24) is 5.32 Å². The monoisotopic (exact) mass is 284 g/mol. The number of carbonyl (C=O) groups excluding carboxylic acids is 1. The number of rotatable bonds is 3. The van der Waals surface area contributed by atoms with Crippen molar-refractivity contribution >= 4 is 34.9 Å². The van der Waals surface area contributed by atoms with Gasteiger partial charge in [0.25, 0.3) is 0 Å². The van der Waals surface area contributed by atoms with Crippen molar-refractivity contribution in [2.75, 3.05) is 5.32 Å². The first-order valence-electron chi connectivity index (χ1n) is 5.76. The van der Waals surface area contributed by atoms with Crippen molar-refractivity contribution in [3.05, 3.63) is 40.0 Å². The van der Waals surface area contributed by atoms with Gasteiger partial charge >= 0.3 is 6.03 Å². The summed E-state index contributed by atoms with van der Waals surface area (Å²) in [6.07, 6.45) is 4.15. The lowest BCUT2D eigenvalue weighted by molar-refractivity contribution is 0.255. The number of para-hydroxylation sites is 1. The Balaban J connectivity index is 1.96. The molecule has 1 aliphatic rings. The third kappa shape index (κ3) is 3.40. The number of urea groups is 1. The number of halogens is 2. The maximum Gasteiger partial charge on any atom is 0.323 e. The number of carbonyl (C=O) groups is 1. The van der Waals surface area contributed by atoms with E-state index in [9.17, 15) is 4.79 Å². The van der Waals surface area contributed by atoms with E-state index in [0.717, 1.165) is 0 Å². The highest BCUT2D eigenvalue weighted by atomic mass is 35.5. The van der Waals surface area contributed by atoms with Gasteiger partial charge in [0.05, 0.1) is 15.7 Å². The van der Waals surface area contributed by atoms with Crippen molar-refractivity contribution in [3.63, 3.8) is 0 Å². The minimum atomic E-state index is -0.343. The first-order valence-corrected chi connectivity index (χ1v) is 6.51. The van der Waals surface area contributed by atoms with Crippen molar-refractivity contribution < 1.29 is 4.79 Å². The second kappa shape index (κ2) is 5.63. The van der Waals surface area contributed by atoms with Gasteiger partial charge in [-0.1, -0.05) is 34.8 Å². The van der Waals surface area contributed by atoms with Crippen LogP contribution in [0.25, 0.3) is 0 Å². The first-order chi connectivity index (χ1) is 8.58. The highest BCUT2D eigenvalue weighted by Crippen LogP contribution is 2.35. The van der Waals surface area contributed by atoms with E-state index in [1.54, 1.807) is 24.4 Å². The van der Waals surface area contributed by atoms with Gasteiger partial charge in [0.15, 0.2) is 0 Å². The maximum absolute atomic E-state index is 11.7. The van der Waals surface area contributed by atoms with Crippen LogP contribution in [0.3, 0.4) is 0 Å². The van der Waals surface area contributed by atoms with Gasteiger partial charge in [-0.15, -0.1) is 0 Å². The molecule has 2 rings (SSSR count). The lowest BCUT2D eigenvalue weighted by Gasteiger charge is -2.09. The molecule has 1 fully saturated rings. The van der Waals surface area contributed by atoms with Crippen molar-refractivity contribution in [2.24, 2.45) is 5.92 Å². The summed E-state index contributed by atoms with van der Waals surface area (Å²) >= 11 is 11.9. The maximum atomic E-state index is 11.7. The number of benzene rings is 1. The molecule has 0 saturated heterocycles. The Hall–Kier alpha value is -1.19. The molecule has 1 saturated carbocycles. The van der Waals surface area contributed by atoms with E-state index < -0.39 is 0 Å². The summed E-state index contributed by atoms with van der Waals surface area (Å²) in [6, 6.07) is 4.73. The molecule has 0 heterocycles. The smallest absolute Gasteiger partial charge is 0.314 e. The van der Waals surface area contributed by atoms with Crippen LogP contribution in [-0.4, -0.2) is 6.03 Å². The SMILES string of the molecule is C/C(=C\NC(=O)Nc1c(Cl)cccc1Cl)C1CC1. The Labute approximate surface area is 116 Å². The third-order valence-electron chi connectivity index (χ3n) is 2.85. The molecule has 0 unspecified atom stereocenters. The van der Waals surface area contributed by atoms with Crippen molar-refractivity contribution in [3.8, 4) is 0 Å². The number of hydrogen-bond donors (Lipinski definition) is 2. The minimum absolute atomic E-state index is 0.343. The van der Waals surface area contributed by atoms with Crippen LogP contribution in [0.15, 0.2) is 30.0 Å². The Kier molecular flexibility index (Phi) is 4.15. The van der Waals surface area contributed by atoms with Crippen molar-refractivity contribution in [2.45, 2.75) is 19.8 Å². The highest BCUT2D eigenvalue weighted by Gasteiger charge is 2.22. The fourth-order valence-electron chi connectivity index (χ4n) is 1.60. The molecule has 0 bridgehead atoms. The van der Waals surface area contributed by atoms with E-state index in [0.29, 0.717) is 21.7 Å². The normalized spacial score (nSPS) is 15.4. The van der Waals surface area contributed by atoms with Gasteiger partial charge in [0, 0.05) is 6.20 Å². The zero-order valence-corrected chi connectivity index (χ0v) is 11.5. The molecule has 3 nitrogen and oxygen atoms in total. The zero-order chi connectivity index (χ0) is 13.1. The van der Waals surface area contributed by atoms with Crippen LogP contribution in [-0.2, 0) is 0 Å². The van der Waals surface area contributed by atoms with Crippen LogP contribution in [0, 0.1) is 5.92 Å². The van der Waals surface area contributed by atoms with E-state index >= 15 is 0 Å². The number of allylic oxidation sites excluding steroid dienone is 1. The molecule has 2 amide bonds. The Morgan fingerprint density at radius 1 is 1.33 bits per heavy atom. The first kappa shape index (κ1) is 13.2. The lowest BCUT2D eigenvalue weighted by Crippen LogP contribution is -2.24. The van der Waals surface area contributed by atoms with Crippen molar-refractivity contribution in [1.29, 1.82) is 0 Å². The number of nitrogens with one attached hydrogen (secondary N) is 2. The minimum Gasteiger partial charge on any atom is -0.314 e. The van der Waals surface area contributed by atoms with Crippen LogP contribution in [0.2, 0.25) is 10.0 Å². The fraction of sp³-hybridized carbons (Fsp3) is 0.308. The van der Waals surface area contributed by atoms with E-state index in [4.69, 9.17) is 23.2 Å². The molecular formula is C13H14Cl2N2O. The molecule has 0 atom stereocenters. The summed E-state index contributed by atoms with van der Waals surface area (Å²) < 4.78 is 0. The van der Waals surface area contributed by atoms with Crippen LogP contribution >= 0.6 is 23.2 Å². The molecule has 5 heteroatoms. The van der Waals surface area contributed by atoms with E-state index in [1.165, 1.54) is 18.4 Å². The summed E-state index contributed by atoms with van der Waals surface area (Å²) in [5.74, 6) is 0.634. The van der Waals surface area contributed by atoms with Crippen LogP contribution in [0.5, 0.6) is 0 Å². The highest BCUT2D eigenvalue weighted by molar-refractivity contribution is 6.39. The standard InChI is InChI=1S/C13H14Cl2N2O/c1-8(9-5-6-9)7-16-13(18)17-12-10(14)3-2-4-11(12)15/h2-4,7,9H,5-6H2,1H3,(H2,16,17,18)/b8-7+. The summed E-state index contributed by atoms with van der Waals surface area (Å²) in [5.41, 5.74) is 1.62. The fourth-order valence-corrected chi connectivity index (χ4v) is 2.09. The predicted octanol–water partition coefficient (Wildman–Crippen LogP) is 4.43. The molecule has 2 N–H and O–H groups in total. The molecule has 18 heavy (non-hydrogen) atoms. The Bertz CT molecular complexity index is 476. The molecular weight excluding hydrogens is 271 g/mol. The van der Waals surface area contributed by atoms with Gasteiger partial charge < -0.3 is 10.6 Å². The van der Waals surface area contributed by atoms with Gasteiger partial charge in [-0.2, -0.15) is 0 Å². The molecule has 0 aromatic heterocycles. The number of hydrogen-bond acceptors (Lipinski definition) is 1. The number of anilines is 1. The Morgan fingerprint density at radius 2 is 1.94 bits per heavy atom. The van der Waals surface area contributed by atoms with E-state index in [1.807, 2.05) is 6.92 Å². The van der Waals surface area contributed by atoms with Crippen LogP contribution < -0.4 is 10.6 Å². The summed E-state index contributed by atoms with van der Waals surface area (Å²) in [5, 5.41) is 6.15. The third-order valence-corrected chi connectivity index (χ3v) is 3.48. The average molecular weight is 285 g/mol. The zero-order valence-electron chi connectivity index (χ0n) is 9.97. The van der Waals surface area contributed by atoms with Gasteiger partial charge in [-0.05, 0) is 37.8 Å². The molecule has 1 aromatic rings. The van der Waals surface area contributed by atoms with Crippen LogP contribution in [0.1, 0.15) is 19.8 Å². The quantitative estimate of drug-likeness (QED) is 0.847.